The van der Waals surface area contributed by atoms with E-state index in [9.17, 15) is 0 Å². The van der Waals surface area contributed by atoms with Crippen LogP contribution in [0, 0.1) is 5.92 Å². The van der Waals surface area contributed by atoms with E-state index in [2.05, 4.69) is 24.3 Å². The summed E-state index contributed by atoms with van der Waals surface area (Å²) in [4.78, 5) is 0. The normalized spacial score (nSPS) is 27.3. The summed E-state index contributed by atoms with van der Waals surface area (Å²) in [6.45, 7) is 6.10. The molecule has 0 aromatic rings. The Bertz CT molecular complexity index is 246. The van der Waals surface area contributed by atoms with Gasteiger partial charge >= 0.3 is 0 Å². The van der Waals surface area contributed by atoms with Gasteiger partial charge in [0, 0.05) is 25.6 Å². The first-order valence-corrected chi connectivity index (χ1v) is 6.52. The predicted octanol–water partition coefficient (Wildman–Crippen LogP) is 1.31. The zero-order valence-corrected chi connectivity index (χ0v) is 10.9. The number of nitrogens with one attached hydrogen (secondary N) is 1. The van der Waals surface area contributed by atoms with Crippen molar-refractivity contribution in [1.82, 2.24) is 5.32 Å². The Morgan fingerprint density at radius 3 is 2.94 bits per heavy atom. The largest absolute Gasteiger partial charge is 0.409 e. The van der Waals surface area contributed by atoms with Crippen LogP contribution in [-0.4, -0.2) is 36.3 Å². The minimum atomic E-state index is 0.281. The van der Waals surface area contributed by atoms with E-state index in [0.29, 0.717) is 24.3 Å². The molecule has 100 valence electrons. The lowest BCUT2D eigenvalue weighted by Gasteiger charge is -2.22. The molecule has 5 heteroatoms. The molecule has 1 rings (SSSR count). The maximum Gasteiger partial charge on any atom is 0.140 e. The second-order valence-electron chi connectivity index (χ2n) is 4.68. The van der Waals surface area contributed by atoms with Gasteiger partial charge in [0.05, 0.1) is 6.10 Å². The molecule has 5 nitrogen and oxygen atoms in total. The van der Waals surface area contributed by atoms with Crippen LogP contribution in [0.15, 0.2) is 5.16 Å². The van der Waals surface area contributed by atoms with E-state index in [0.717, 1.165) is 32.4 Å². The lowest BCUT2D eigenvalue weighted by atomic mass is 9.98. The SMILES string of the molecule is CCC(CC(N)=NO)NCC1CCOC1CC. The highest BCUT2D eigenvalue weighted by Crippen LogP contribution is 2.22. The van der Waals surface area contributed by atoms with Crippen LogP contribution in [0.5, 0.6) is 0 Å². The molecule has 1 aliphatic rings. The van der Waals surface area contributed by atoms with Gasteiger partial charge in [0.1, 0.15) is 5.84 Å². The number of nitrogens with zero attached hydrogens (tertiary/aromatic N) is 1. The van der Waals surface area contributed by atoms with E-state index in [-0.39, 0.29) is 6.04 Å². The fourth-order valence-corrected chi connectivity index (χ4v) is 2.35. The van der Waals surface area contributed by atoms with Crippen LogP contribution in [0.1, 0.15) is 39.5 Å². The second-order valence-corrected chi connectivity index (χ2v) is 4.68. The molecule has 0 bridgehead atoms. The van der Waals surface area contributed by atoms with Gasteiger partial charge in [0.2, 0.25) is 0 Å². The fourth-order valence-electron chi connectivity index (χ4n) is 2.35. The minimum absolute atomic E-state index is 0.281. The van der Waals surface area contributed by atoms with Gasteiger partial charge in [-0.15, -0.1) is 0 Å². The van der Waals surface area contributed by atoms with Crippen LogP contribution in [-0.2, 0) is 4.74 Å². The Labute approximate surface area is 103 Å². The summed E-state index contributed by atoms with van der Waals surface area (Å²) in [5.74, 6) is 0.889. The van der Waals surface area contributed by atoms with Gasteiger partial charge in [0.25, 0.3) is 0 Å². The molecule has 0 aromatic carbocycles. The standard InChI is InChI=1S/C12H25N3O2/c1-3-10(7-12(13)15-16)14-8-9-5-6-17-11(9)4-2/h9-11,14,16H,3-8H2,1-2H3,(H2,13,15). The molecule has 0 radical (unpaired) electrons. The van der Waals surface area contributed by atoms with E-state index < -0.39 is 0 Å². The molecule has 0 saturated carbocycles. The number of ether oxygens (including phenoxy) is 1. The van der Waals surface area contributed by atoms with E-state index in [1.165, 1.54) is 0 Å². The van der Waals surface area contributed by atoms with Crippen LogP contribution in [0.4, 0.5) is 0 Å². The zero-order chi connectivity index (χ0) is 12.7. The van der Waals surface area contributed by atoms with Gasteiger partial charge in [-0.3, -0.25) is 0 Å². The third kappa shape index (κ3) is 4.52. The van der Waals surface area contributed by atoms with Crippen LogP contribution in [0.2, 0.25) is 0 Å². The van der Waals surface area contributed by atoms with Crippen molar-refractivity contribution in [2.24, 2.45) is 16.8 Å². The number of amidine groups is 1. The number of oxime groups is 1. The maximum atomic E-state index is 8.55. The smallest absolute Gasteiger partial charge is 0.140 e. The molecule has 1 heterocycles. The van der Waals surface area contributed by atoms with Crippen LogP contribution in [0.3, 0.4) is 0 Å². The first-order valence-electron chi connectivity index (χ1n) is 6.52. The quantitative estimate of drug-likeness (QED) is 0.272. The summed E-state index contributed by atoms with van der Waals surface area (Å²) in [5.41, 5.74) is 5.52. The summed E-state index contributed by atoms with van der Waals surface area (Å²) in [6.07, 6.45) is 4.16. The zero-order valence-electron chi connectivity index (χ0n) is 10.9. The Morgan fingerprint density at radius 2 is 2.35 bits per heavy atom. The van der Waals surface area contributed by atoms with Gasteiger partial charge in [-0.2, -0.15) is 0 Å². The Balaban J connectivity index is 2.31. The van der Waals surface area contributed by atoms with Crippen LogP contribution < -0.4 is 11.1 Å². The van der Waals surface area contributed by atoms with Crippen molar-refractivity contribution in [2.45, 2.75) is 51.7 Å². The Kier molecular flexibility index (Phi) is 6.29. The molecule has 0 aliphatic carbocycles. The molecule has 4 N–H and O–H groups in total. The number of hydrogen-bond donors (Lipinski definition) is 3. The third-order valence-corrected chi connectivity index (χ3v) is 3.49. The van der Waals surface area contributed by atoms with Crippen molar-refractivity contribution >= 4 is 5.84 Å². The van der Waals surface area contributed by atoms with Crippen molar-refractivity contribution in [3.63, 3.8) is 0 Å². The van der Waals surface area contributed by atoms with E-state index >= 15 is 0 Å². The van der Waals surface area contributed by atoms with Gasteiger partial charge in [-0.25, -0.2) is 0 Å². The molecule has 0 amide bonds. The summed E-state index contributed by atoms with van der Waals surface area (Å²) >= 11 is 0. The Hall–Kier alpha value is -0.810. The number of nitrogens with two attached hydrogens (primary N) is 1. The molecular formula is C12H25N3O2. The van der Waals surface area contributed by atoms with E-state index in [1.54, 1.807) is 0 Å². The van der Waals surface area contributed by atoms with Crippen LogP contribution in [0.25, 0.3) is 0 Å². The maximum absolute atomic E-state index is 8.55. The lowest BCUT2D eigenvalue weighted by molar-refractivity contribution is 0.0866. The third-order valence-electron chi connectivity index (χ3n) is 3.49. The summed E-state index contributed by atoms with van der Waals surface area (Å²) in [6, 6.07) is 0.281. The molecule has 1 saturated heterocycles. The first-order chi connectivity index (χ1) is 8.21. The molecule has 1 aliphatic heterocycles. The summed E-state index contributed by atoms with van der Waals surface area (Å²) in [5, 5.41) is 15.1. The highest BCUT2D eigenvalue weighted by Gasteiger charge is 2.26. The number of hydrogen-bond acceptors (Lipinski definition) is 4. The molecule has 0 spiro atoms. The van der Waals surface area contributed by atoms with Crippen molar-refractivity contribution in [1.29, 1.82) is 0 Å². The Morgan fingerprint density at radius 1 is 1.59 bits per heavy atom. The molecule has 3 unspecified atom stereocenters. The molecule has 3 atom stereocenters. The van der Waals surface area contributed by atoms with Crippen molar-refractivity contribution < 1.29 is 9.94 Å². The average molecular weight is 243 g/mol. The minimum Gasteiger partial charge on any atom is -0.409 e. The lowest BCUT2D eigenvalue weighted by Crippen LogP contribution is -2.38. The highest BCUT2D eigenvalue weighted by atomic mass is 16.5. The van der Waals surface area contributed by atoms with Gasteiger partial charge in [0.15, 0.2) is 0 Å². The van der Waals surface area contributed by atoms with Crippen LogP contribution >= 0.6 is 0 Å². The molecule has 17 heavy (non-hydrogen) atoms. The topological polar surface area (TPSA) is 79.9 Å². The van der Waals surface area contributed by atoms with Crippen molar-refractivity contribution in [2.75, 3.05) is 13.2 Å². The monoisotopic (exact) mass is 243 g/mol. The van der Waals surface area contributed by atoms with Crippen molar-refractivity contribution in [3.8, 4) is 0 Å². The number of rotatable bonds is 7. The summed E-state index contributed by atoms with van der Waals surface area (Å²) in [7, 11) is 0. The van der Waals surface area contributed by atoms with Gasteiger partial charge < -0.3 is 21.0 Å². The fraction of sp³-hybridized carbons (Fsp3) is 0.917. The van der Waals surface area contributed by atoms with E-state index in [1.807, 2.05) is 0 Å². The molecule has 0 aromatic heterocycles. The average Bonchev–Trinajstić information content (AvgIpc) is 2.81. The first kappa shape index (κ1) is 14.3. The molecule has 1 fully saturated rings. The predicted molar refractivity (Wildman–Crippen MR) is 68.2 cm³/mol. The highest BCUT2D eigenvalue weighted by molar-refractivity contribution is 5.80. The molecular weight excluding hydrogens is 218 g/mol. The second kappa shape index (κ2) is 7.50. The van der Waals surface area contributed by atoms with E-state index in [4.69, 9.17) is 15.7 Å². The summed E-state index contributed by atoms with van der Waals surface area (Å²) < 4.78 is 5.65. The van der Waals surface area contributed by atoms with Gasteiger partial charge in [-0.05, 0) is 25.2 Å². The van der Waals surface area contributed by atoms with Gasteiger partial charge in [-0.1, -0.05) is 19.0 Å². The van der Waals surface area contributed by atoms with Crippen molar-refractivity contribution in [3.05, 3.63) is 0 Å².